The number of rotatable bonds is 0. The van der Waals surface area contributed by atoms with Crippen molar-refractivity contribution in [1.82, 2.24) is 0 Å². The Hall–Kier alpha value is -0.200. The van der Waals surface area contributed by atoms with Gasteiger partial charge in [-0.05, 0) is 0 Å². The van der Waals surface area contributed by atoms with E-state index in [1.165, 1.54) is 0 Å². The predicted octanol–water partition coefficient (Wildman–Crippen LogP) is -2.18. The summed E-state index contributed by atoms with van der Waals surface area (Å²) in [5, 5.41) is 27.6. The van der Waals surface area contributed by atoms with Gasteiger partial charge in [-0.1, -0.05) is 0 Å². The lowest BCUT2D eigenvalue weighted by atomic mass is 10.0. The summed E-state index contributed by atoms with van der Waals surface area (Å²) >= 11 is 0. The normalized spacial score (nSPS) is 56.5. The molecule has 2 aliphatic heterocycles. The molecule has 2 fully saturated rings. The highest BCUT2D eigenvalue weighted by molar-refractivity contribution is 4.92. The van der Waals surface area contributed by atoms with Crippen molar-refractivity contribution in [3.8, 4) is 0 Å². The summed E-state index contributed by atoms with van der Waals surface area (Å²) in [7, 11) is 0. The molecule has 0 aliphatic carbocycles. The molecule has 2 bridgehead atoms. The molecule has 5 nitrogen and oxygen atoms in total. The van der Waals surface area contributed by atoms with E-state index in [1.807, 2.05) is 0 Å². The second kappa shape index (κ2) is 2.40. The van der Waals surface area contributed by atoms with Crippen LogP contribution in [0, 0.1) is 0 Å². The minimum Gasteiger partial charge on any atom is -0.387 e. The predicted molar refractivity (Wildman–Crippen MR) is 32.6 cm³/mol. The van der Waals surface area contributed by atoms with Gasteiger partial charge < -0.3 is 24.8 Å². The number of ether oxygens (including phenoxy) is 2. The van der Waals surface area contributed by atoms with Crippen LogP contribution in [0.15, 0.2) is 0 Å². The lowest BCUT2D eigenvalue weighted by Crippen LogP contribution is -2.53. The number of hydrogen-bond donors (Lipinski definition) is 3. The molecule has 0 radical (unpaired) electrons. The highest BCUT2D eigenvalue weighted by atomic mass is 16.7. The van der Waals surface area contributed by atoms with Gasteiger partial charge in [-0.25, -0.2) is 0 Å². The molecule has 0 aromatic heterocycles. The Labute approximate surface area is 63.2 Å². The van der Waals surface area contributed by atoms with E-state index in [-0.39, 0.29) is 6.61 Å². The van der Waals surface area contributed by atoms with Gasteiger partial charge in [0, 0.05) is 0 Å². The molecule has 2 aliphatic rings. The lowest BCUT2D eigenvalue weighted by Gasteiger charge is -2.32. The molecule has 0 spiro atoms. The van der Waals surface area contributed by atoms with Crippen molar-refractivity contribution < 1.29 is 24.8 Å². The Morgan fingerprint density at radius 1 is 1.00 bits per heavy atom. The summed E-state index contributed by atoms with van der Waals surface area (Å²) in [5.74, 6) is 0. The Morgan fingerprint density at radius 2 is 1.73 bits per heavy atom. The average molecular weight is 162 g/mol. The monoisotopic (exact) mass is 162 g/mol. The molecule has 5 heteroatoms. The first kappa shape index (κ1) is 7.45. The SMILES string of the molecule is O[C@@H]1[C@H](O)[C@@H]2OC[C@@H](O2)[C@H]1O. The van der Waals surface area contributed by atoms with Crippen molar-refractivity contribution in [1.29, 1.82) is 0 Å². The van der Waals surface area contributed by atoms with Crippen molar-refractivity contribution in [2.45, 2.75) is 30.7 Å². The third-order valence-corrected chi connectivity index (χ3v) is 2.09. The Bertz CT molecular complexity index is 141. The maximum Gasteiger partial charge on any atom is 0.186 e. The fourth-order valence-corrected chi connectivity index (χ4v) is 1.38. The fraction of sp³-hybridized carbons (Fsp3) is 1.00. The molecule has 5 atom stereocenters. The number of aliphatic hydroxyl groups is 3. The van der Waals surface area contributed by atoms with Crippen LogP contribution in [-0.4, -0.2) is 52.6 Å². The summed E-state index contributed by atoms with van der Waals surface area (Å²) in [6, 6.07) is 0. The smallest absolute Gasteiger partial charge is 0.186 e. The van der Waals surface area contributed by atoms with Crippen molar-refractivity contribution in [3.05, 3.63) is 0 Å². The van der Waals surface area contributed by atoms with Crippen molar-refractivity contribution in [2.24, 2.45) is 0 Å². The van der Waals surface area contributed by atoms with Crippen LogP contribution in [0.2, 0.25) is 0 Å². The summed E-state index contributed by atoms with van der Waals surface area (Å²) < 4.78 is 9.95. The first-order chi connectivity index (χ1) is 5.20. The van der Waals surface area contributed by atoms with Gasteiger partial charge >= 0.3 is 0 Å². The van der Waals surface area contributed by atoms with E-state index in [4.69, 9.17) is 14.6 Å². The molecule has 0 saturated carbocycles. The van der Waals surface area contributed by atoms with Gasteiger partial charge in [0.25, 0.3) is 0 Å². The first-order valence-corrected chi connectivity index (χ1v) is 3.51. The molecule has 64 valence electrons. The van der Waals surface area contributed by atoms with Crippen molar-refractivity contribution >= 4 is 0 Å². The highest BCUT2D eigenvalue weighted by Gasteiger charge is 2.48. The molecule has 0 aromatic rings. The van der Waals surface area contributed by atoms with E-state index in [0.717, 1.165) is 0 Å². The molecule has 0 amide bonds. The van der Waals surface area contributed by atoms with Crippen LogP contribution >= 0.6 is 0 Å². The zero-order chi connectivity index (χ0) is 8.01. The van der Waals surface area contributed by atoms with Crippen LogP contribution < -0.4 is 0 Å². The average Bonchev–Trinajstić information content (AvgIpc) is 2.44. The molecular weight excluding hydrogens is 152 g/mol. The second-order valence-corrected chi connectivity index (χ2v) is 2.85. The van der Waals surface area contributed by atoms with E-state index >= 15 is 0 Å². The van der Waals surface area contributed by atoms with Gasteiger partial charge in [-0.3, -0.25) is 0 Å². The topological polar surface area (TPSA) is 79.2 Å². The zero-order valence-electron chi connectivity index (χ0n) is 5.75. The van der Waals surface area contributed by atoms with E-state index in [0.29, 0.717) is 0 Å². The minimum atomic E-state index is -1.15. The van der Waals surface area contributed by atoms with Gasteiger partial charge in [0.15, 0.2) is 6.29 Å². The summed E-state index contributed by atoms with van der Waals surface area (Å²) in [6.07, 6.45) is -4.58. The Balaban J connectivity index is 2.16. The largest absolute Gasteiger partial charge is 0.387 e. The van der Waals surface area contributed by atoms with Crippen LogP contribution in [0.25, 0.3) is 0 Å². The summed E-state index contributed by atoms with van der Waals surface area (Å²) in [6.45, 7) is 0.236. The van der Waals surface area contributed by atoms with Gasteiger partial charge in [0.1, 0.15) is 24.4 Å². The van der Waals surface area contributed by atoms with E-state index in [9.17, 15) is 10.2 Å². The summed E-state index contributed by atoms with van der Waals surface area (Å²) in [5.41, 5.74) is 0. The molecule has 2 rings (SSSR count). The molecular formula is C6H10O5. The molecule has 2 saturated heterocycles. The zero-order valence-corrected chi connectivity index (χ0v) is 5.75. The molecule has 3 N–H and O–H groups in total. The van der Waals surface area contributed by atoms with Gasteiger partial charge in [-0.2, -0.15) is 0 Å². The van der Waals surface area contributed by atoms with E-state index in [2.05, 4.69) is 0 Å². The number of hydrogen-bond acceptors (Lipinski definition) is 5. The van der Waals surface area contributed by atoms with Gasteiger partial charge in [0.05, 0.1) is 6.61 Å². The Kier molecular flexibility index (Phi) is 1.62. The maximum absolute atomic E-state index is 9.22. The van der Waals surface area contributed by atoms with Crippen LogP contribution in [0.4, 0.5) is 0 Å². The molecule has 0 aromatic carbocycles. The Morgan fingerprint density at radius 3 is 2.45 bits per heavy atom. The van der Waals surface area contributed by atoms with E-state index < -0.39 is 30.7 Å². The quantitative estimate of drug-likeness (QED) is 0.377. The molecule has 11 heavy (non-hydrogen) atoms. The van der Waals surface area contributed by atoms with Crippen molar-refractivity contribution in [2.75, 3.05) is 6.61 Å². The van der Waals surface area contributed by atoms with Gasteiger partial charge in [-0.15, -0.1) is 0 Å². The molecule has 0 unspecified atom stereocenters. The lowest BCUT2D eigenvalue weighted by molar-refractivity contribution is -0.228. The van der Waals surface area contributed by atoms with Crippen LogP contribution in [0.1, 0.15) is 0 Å². The minimum absolute atomic E-state index is 0.236. The number of fused-ring (bicyclic) bond motifs is 2. The third-order valence-electron chi connectivity index (χ3n) is 2.09. The number of aliphatic hydroxyl groups excluding tert-OH is 3. The first-order valence-electron chi connectivity index (χ1n) is 3.51. The highest BCUT2D eigenvalue weighted by Crippen LogP contribution is 2.27. The van der Waals surface area contributed by atoms with Crippen molar-refractivity contribution in [3.63, 3.8) is 0 Å². The van der Waals surface area contributed by atoms with E-state index in [1.54, 1.807) is 0 Å². The fourth-order valence-electron chi connectivity index (χ4n) is 1.38. The standard InChI is InChI=1S/C6H10O5/c7-3-2-1-10-6(11-2)5(9)4(3)8/h2-9H,1H2/t2-,3-,4+,5+,6-/m1/s1. The molecule has 2 heterocycles. The van der Waals surface area contributed by atoms with Crippen LogP contribution in [0.5, 0.6) is 0 Å². The van der Waals surface area contributed by atoms with Crippen LogP contribution in [0.3, 0.4) is 0 Å². The third kappa shape index (κ3) is 0.969. The maximum atomic E-state index is 9.22. The van der Waals surface area contributed by atoms with Gasteiger partial charge in [0.2, 0.25) is 0 Å². The second-order valence-electron chi connectivity index (χ2n) is 2.85. The van der Waals surface area contributed by atoms with Crippen LogP contribution in [-0.2, 0) is 9.47 Å². The summed E-state index contributed by atoms with van der Waals surface area (Å²) in [4.78, 5) is 0.